The van der Waals surface area contributed by atoms with Gasteiger partial charge in [0.2, 0.25) is 0 Å². The van der Waals surface area contributed by atoms with E-state index in [9.17, 15) is 14.7 Å². The summed E-state index contributed by atoms with van der Waals surface area (Å²) in [6.45, 7) is 4.51. The second kappa shape index (κ2) is 12.1. The summed E-state index contributed by atoms with van der Waals surface area (Å²) in [5.41, 5.74) is 0. The fraction of sp³-hybridized carbons (Fsp3) is 0.667. The molecule has 0 aromatic rings. The molecule has 0 saturated heterocycles. The summed E-state index contributed by atoms with van der Waals surface area (Å²) in [4.78, 5) is 21.1. The van der Waals surface area contributed by atoms with E-state index in [1.165, 1.54) is 0 Å². The Hall–Kier alpha value is -0.320. The fourth-order valence-electron chi connectivity index (χ4n) is 1.28. The molecule has 5 heteroatoms. The van der Waals surface area contributed by atoms with Crippen LogP contribution in [0.5, 0.6) is 0 Å². The molecule has 0 aliphatic heterocycles. The molecule has 0 spiro atoms. The Morgan fingerprint density at radius 2 is 1.94 bits per heavy atom. The van der Waals surface area contributed by atoms with Gasteiger partial charge in [0.15, 0.2) is 0 Å². The van der Waals surface area contributed by atoms with Crippen LogP contribution in [0.4, 0.5) is 0 Å². The van der Waals surface area contributed by atoms with Crippen molar-refractivity contribution in [1.82, 2.24) is 0 Å². The van der Waals surface area contributed by atoms with Gasteiger partial charge in [0.1, 0.15) is 0 Å². The van der Waals surface area contributed by atoms with Crippen LogP contribution in [-0.4, -0.2) is 18.5 Å². The number of carboxylic acids is 1. The summed E-state index contributed by atoms with van der Waals surface area (Å²) < 4.78 is 4.93. The van der Waals surface area contributed by atoms with E-state index in [1.807, 2.05) is 6.92 Å². The number of hydrogen-bond acceptors (Lipinski definition) is 4. The van der Waals surface area contributed by atoms with Crippen LogP contribution in [0.2, 0.25) is 0 Å². The van der Waals surface area contributed by atoms with Crippen LogP contribution in [-0.2, 0) is 14.3 Å². The quantitative estimate of drug-likeness (QED) is 0.285. The van der Waals surface area contributed by atoms with E-state index in [-0.39, 0.29) is 29.6 Å². The SMILES string of the molecule is CCCCC(CC)COC(=O)C=CC(=O)[O-].[Na+]. The molecule has 0 amide bonds. The molecule has 1 atom stereocenters. The standard InChI is InChI=1S/C12H20O4.Na/c1-3-5-6-10(4-2)9-16-12(15)8-7-11(13)14;/h7-8,10H,3-6,9H2,1-2H3,(H,13,14);/q;+1/p-1. The summed E-state index contributed by atoms with van der Waals surface area (Å²) in [6.07, 6.45) is 5.78. The molecule has 0 heterocycles. The molecule has 17 heavy (non-hydrogen) atoms. The predicted octanol–water partition coefficient (Wildman–Crippen LogP) is -1.94. The summed E-state index contributed by atoms with van der Waals surface area (Å²) in [6, 6.07) is 0. The third kappa shape index (κ3) is 11.9. The third-order valence-electron chi connectivity index (χ3n) is 2.36. The molecule has 0 N–H and O–H groups in total. The molecule has 0 fully saturated rings. The van der Waals surface area contributed by atoms with Crippen molar-refractivity contribution in [3.8, 4) is 0 Å². The van der Waals surface area contributed by atoms with Crippen molar-refractivity contribution in [2.75, 3.05) is 6.61 Å². The predicted molar refractivity (Wildman–Crippen MR) is 58.4 cm³/mol. The van der Waals surface area contributed by atoms with Gasteiger partial charge in [0, 0.05) is 6.08 Å². The van der Waals surface area contributed by atoms with E-state index >= 15 is 0 Å². The summed E-state index contributed by atoms with van der Waals surface area (Å²) in [7, 11) is 0. The largest absolute Gasteiger partial charge is 1.00 e. The molecule has 0 radical (unpaired) electrons. The maximum absolute atomic E-state index is 11.0. The molecular weight excluding hydrogens is 231 g/mol. The Morgan fingerprint density at radius 1 is 1.29 bits per heavy atom. The van der Waals surface area contributed by atoms with Crippen molar-refractivity contribution < 1.29 is 49.0 Å². The summed E-state index contributed by atoms with van der Waals surface area (Å²) >= 11 is 0. The van der Waals surface area contributed by atoms with Gasteiger partial charge in [0.05, 0.1) is 12.6 Å². The Bertz CT molecular complexity index is 251. The average Bonchev–Trinajstić information content (AvgIpc) is 2.26. The molecule has 0 rings (SSSR count). The van der Waals surface area contributed by atoms with Crippen molar-refractivity contribution in [1.29, 1.82) is 0 Å². The zero-order valence-corrected chi connectivity index (χ0v) is 12.9. The summed E-state index contributed by atoms with van der Waals surface area (Å²) in [5.74, 6) is -1.66. The Kier molecular flexibility index (Phi) is 13.6. The van der Waals surface area contributed by atoms with Crippen LogP contribution < -0.4 is 34.7 Å². The van der Waals surface area contributed by atoms with E-state index in [4.69, 9.17) is 4.74 Å². The molecule has 0 aromatic heterocycles. The van der Waals surface area contributed by atoms with Crippen LogP contribution in [0.25, 0.3) is 0 Å². The van der Waals surface area contributed by atoms with Gasteiger partial charge in [-0.1, -0.05) is 33.1 Å². The number of carbonyl (C=O) groups is 2. The molecule has 0 aliphatic carbocycles. The van der Waals surface area contributed by atoms with Gasteiger partial charge < -0.3 is 14.6 Å². The zero-order valence-electron chi connectivity index (χ0n) is 10.9. The first-order valence-corrected chi connectivity index (χ1v) is 5.65. The molecule has 1 unspecified atom stereocenters. The molecule has 92 valence electrons. The topological polar surface area (TPSA) is 66.4 Å². The Labute approximate surface area is 125 Å². The number of aliphatic carboxylic acids is 1. The van der Waals surface area contributed by atoms with Gasteiger partial charge in [-0.2, -0.15) is 0 Å². The molecule has 0 aliphatic rings. The van der Waals surface area contributed by atoms with Gasteiger partial charge in [-0.25, -0.2) is 4.79 Å². The molecule has 4 nitrogen and oxygen atoms in total. The molecule has 0 bridgehead atoms. The molecule has 0 aromatic carbocycles. The van der Waals surface area contributed by atoms with Gasteiger partial charge >= 0.3 is 35.5 Å². The van der Waals surface area contributed by atoms with Gasteiger partial charge in [-0.05, 0) is 18.4 Å². The van der Waals surface area contributed by atoms with Gasteiger partial charge in [-0.15, -0.1) is 0 Å². The minimum absolute atomic E-state index is 0. The first-order chi connectivity index (χ1) is 7.60. The Morgan fingerprint density at radius 3 is 2.41 bits per heavy atom. The van der Waals surface area contributed by atoms with E-state index in [1.54, 1.807) is 0 Å². The smallest absolute Gasteiger partial charge is 0.545 e. The zero-order chi connectivity index (χ0) is 12.4. The van der Waals surface area contributed by atoms with Crippen LogP contribution in [0.1, 0.15) is 39.5 Å². The van der Waals surface area contributed by atoms with E-state index in [0.29, 0.717) is 18.6 Å². The molecular formula is C12H19NaO4. The maximum atomic E-state index is 11.0. The van der Waals surface area contributed by atoms with E-state index in [0.717, 1.165) is 31.8 Å². The first kappa shape index (κ1) is 19.0. The second-order valence-electron chi connectivity index (χ2n) is 3.70. The van der Waals surface area contributed by atoms with Crippen molar-refractivity contribution in [3.63, 3.8) is 0 Å². The minimum Gasteiger partial charge on any atom is -0.545 e. The van der Waals surface area contributed by atoms with E-state index in [2.05, 4.69) is 6.92 Å². The number of esters is 1. The van der Waals surface area contributed by atoms with Crippen LogP contribution in [0.15, 0.2) is 12.2 Å². The number of rotatable bonds is 8. The van der Waals surface area contributed by atoms with Crippen molar-refractivity contribution in [2.24, 2.45) is 5.92 Å². The van der Waals surface area contributed by atoms with Crippen molar-refractivity contribution >= 4 is 11.9 Å². The molecule has 0 saturated carbocycles. The van der Waals surface area contributed by atoms with Crippen LogP contribution in [0.3, 0.4) is 0 Å². The Balaban J connectivity index is 0. The monoisotopic (exact) mass is 250 g/mol. The number of hydrogen-bond donors (Lipinski definition) is 0. The first-order valence-electron chi connectivity index (χ1n) is 5.65. The minimum atomic E-state index is -1.39. The number of carboxylic acid groups (broad SMARTS) is 1. The van der Waals surface area contributed by atoms with Crippen LogP contribution >= 0.6 is 0 Å². The van der Waals surface area contributed by atoms with Gasteiger partial charge in [0.25, 0.3) is 0 Å². The van der Waals surface area contributed by atoms with Crippen molar-refractivity contribution in [2.45, 2.75) is 39.5 Å². The average molecular weight is 250 g/mol. The van der Waals surface area contributed by atoms with Gasteiger partial charge in [-0.3, -0.25) is 0 Å². The number of ether oxygens (including phenoxy) is 1. The van der Waals surface area contributed by atoms with E-state index < -0.39 is 11.9 Å². The summed E-state index contributed by atoms with van der Waals surface area (Å²) in [5, 5.41) is 10.0. The van der Waals surface area contributed by atoms with Crippen LogP contribution in [0, 0.1) is 5.92 Å². The second-order valence-corrected chi connectivity index (χ2v) is 3.70. The number of unbranched alkanes of at least 4 members (excludes halogenated alkanes) is 1. The number of carbonyl (C=O) groups excluding carboxylic acids is 2. The van der Waals surface area contributed by atoms with Crippen molar-refractivity contribution in [3.05, 3.63) is 12.2 Å². The maximum Gasteiger partial charge on any atom is 1.00 e. The fourth-order valence-corrected chi connectivity index (χ4v) is 1.28. The third-order valence-corrected chi connectivity index (χ3v) is 2.36. The normalized spacial score (nSPS) is 11.9.